The van der Waals surface area contributed by atoms with Gasteiger partial charge in [0.25, 0.3) is 0 Å². The van der Waals surface area contributed by atoms with Crippen molar-refractivity contribution in [1.29, 1.82) is 0 Å². The van der Waals surface area contributed by atoms with Crippen molar-refractivity contribution in [3.05, 3.63) is 192 Å². The van der Waals surface area contributed by atoms with Crippen LogP contribution in [0.5, 0.6) is 0 Å². The van der Waals surface area contributed by atoms with Gasteiger partial charge in [0.15, 0.2) is 24.8 Å². The van der Waals surface area contributed by atoms with Crippen molar-refractivity contribution in [2.24, 2.45) is 0 Å². The van der Waals surface area contributed by atoms with Crippen LogP contribution >= 0.6 is 0 Å². The number of benzene rings is 5. The van der Waals surface area contributed by atoms with Gasteiger partial charge in [-0.2, -0.15) is 0 Å². The largest absolute Gasteiger partial charge is 0.509 e. The Morgan fingerprint density at radius 1 is 0.562 bits per heavy atom. The molecule has 0 N–H and O–H groups in total. The number of esters is 2. The summed E-state index contributed by atoms with van der Waals surface area (Å²) < 4.78 is 83.3. The smallest absolute Gasteiger partial charge is 0.464 e. The SMILES string of the molecule is C=CCOC(=O)O[C@@H]1[C@@H](O[C@H](C(=O)OCC)c2ccccc2)[C@H](O[C@H]2[C@H](OCc3ccccc3)[C@@H](OCc3ccccc3)[C@@H](OC)O[C@@H]2COCc2ccccc2)O[C@H](COC(C)=O)[C@H]1OCc1ccccc1. The highest BCUT2D eigenvalue weighted by atomic mass is 16.8. The zero-order valence-electron chi connectivity index (χ0n) is 41.3. The third-order valence-corrected chi connectivity index (χ3v) is 11.9. The van der Waals surface area contributed by atoms with E-state index in [1.165, 1.54) is 20.1 Å². The Kier molecular flexibility index (Phi) is 21.5. The summed E-state index contributed by atoms with van der Waals surface area (Å²) in [5, 5.41) is 0. The molecule has 11 atom stereocenters. The van der Waals surface area contributed by atoms with Gasteiger partial charge in [0.05, 0.1) is 39.6 Å². The maximum absolute atomic E-state index is 14.1. The summed E-state index contributed by atoms with van der Waals surface area (Å²) >= 11 is 0. The first kappa shape index (κ1) is 54.5. The molecule has 2 saturated heterocycles. The van der Waals surface area contributed by atoms with Gasteiger partial charge in [-0.1, -0.05) is 164 Å². The molecule has 2 aliphatic heterocycles. The molecule has 0 radical (unpaired) electrons. The molecule has 0 unspecified atom stereocenters. The highest BCUT2D eigenvalue weighted by Crippen LogP contribution is 2.38. The fourth-order valence-corrected chi connectivity index (χ4v) is 8.40. The van der Waals surface area contributed by atoms with Crippen LogP contribution in [0.25, 0.3) is 0 Å². The molecule has 5 aromatic carbocycles. The van der Waals surface area contributed by atoms with E-state index in [1.807, 2.05) is 121 Å². The Morgan fingerprint density at radius 3 is 1.58 bits per heavy atom. The van der Waals surface area contributed by atoms with Crippen LogP contribution < -0.4 is 0 Å². The summed E-state index contributed by atoms with van der Waals surface area (Å²) in [6.45, 7) is 6.39. The van der Waals surface area contributed by atoms with Gasteiger partial charge in [0.2, 0.25) is 0 Å². The molecule has 0 aliphatic carbocycles. The second kappa shape index (κ2) is 28.8. The van der Waals surface area contributed by atoms with Crippen LogP contribution in [0.3, 0.4) is 0 Å². The number of methoxy groups -OCH3 is 1. The van der Waals surface area contributed by atoms with Crippen molar-refractivity contribution in [2.45, 2.75) is 108 Å². The van der Waals surface area contributed by atoms with Gasteiger partial charge >= 0.3 is 18.1 Å². The number of hydrogen-bond donors (Lipinski definition) is 0. The summed E-state index contributed by atoms with van der Waals surface area (Å²) in [6.07, 6.45) is -13.4. The fourth-order valence-electron chi connectivity index (χ4n) is 8.40. The fraction of sp³-hybridized carbons (Fsp3) is 0.386. The topological polar surface area (TPSA) is 171 Å². The molecule has 0 amide bonds. The molecule has 16 heteroatoms. The molecule has 7 rings (SSSR count). The van der Waals surface area contributed by atoms with Crippen molar-refractivity contribution in [2.75, 3.05) is 33.5 Å². The van der Waals surface area contributed by atoms with Crippen LogP contribution in [0.15, 0.2) is 164 Å². The van der Waals surface area contributed by atoms with Crippen molar-refractivity contribution >= 4 is 18.1 Å². The van der Waals surface area contributed by atoms with Gasteiger partial charge in [0, 0.05) is 14.0 Å². The molecule has 0 bridgehead atoms. The van der Waals surface area contributed by atoms with Crippen molar-refractivity contribution in [1.82, 2.24) is 0 Å². The lowest BCUT2D eigenvalue weighted by molar-refractivity contribution is -0.374. The monoisotopic (exact) mass is 1000 g/mol. The predicted octanol–water partition coefficient (Wildman–Crippen LogP) is 8.40. The lowest BCUT2D eigenvalue weighted by Gasteiger charge is -2.50. The van der Waals surface area contributed by atoms with E-state index in [0.717, 1.165) is 22.3 Å². The summed E-state index contributed by atoms with van der Waals surface area (Å²) in [5.74, 6) is -1.37. The summed E-state index contributed by atoms with van der Waals surface area (Å²) in [5.41, 5.74) is 3.80. The molecule has 2 fully saturated rings. The van der Waals surface area contributed by atoms with Crippen LogP contribution in [0.2, 0.25) is 0 Å². The molecule has 2 heterocycles. The first-order chi connectivity index (χ1) is 35.7. The zero-order chi connectivity index (χ0) is 51.2. The van der Waals surface area contributed by atoms with E-state index in [4.69, 9.17) is 61.6 Å². The Labute approximate surface area is 426 Å². The number of carbonyl (C=O) groups is 3. The third-order valence-electron chi connectivity index (χ3n) is 11.9. The molecular formula is C57H64O16. The lowest BCUT2D eigenvalue weighted by Crippen LogP contribution is -2.67. The summed E-state index contributed by atoms with van der Waals surface area (Å²) in [7, 11) is 1.51. The Balaban J connectivity index is 1.36. The van der Waals surface area contributed by atoms with Crippen LogP contribution in [0, 0.1) is 0 Å². The van der Waals surface area contributed by atoms with Crippen LogP contribution in [-0.2, 0) is 97.6 Å². The Bertz CT molecular complexity index is 2400. The normalized spacial score (nSPS) is 24.2. The van der Waals surface area contributed by atoms with E-state index in [2.05, 4.69) is 6.58 Å². The number of carbonyl (C=O) groups excluding carboxylic acids is 3. The van der Waals surface area contributed by atoms with E-state index >= 15 is 0 Å². The second-order valence-electron chi connectivity index (χ2n) is 17.1. The van der Waals surface area contributed by atoms with E-state index in [9.17, 15) is 14.4 Å². The lowest BCUT2D eigenvalue weighted by atomic mass is 9.95. The van der Waals surface area contributed by atoms with Gasteiger partial charge in [-0.25, -0.2) is 9.59 Å². The minimum Gasteiger partial charge on any atom is -0.464 e. The molecule has 0 spiro atoms. The van der Waals surface area contributed by atoms with Gasteiger partial charge in [0.1, 0.15) is 55.9 Å². The molecule has 73 heavy (non-hydrogen) atoms. The second-order valence-corrected chi connectivity index (χ2v) is 17.1. The van der Waals surface area contributed by atoms with Crippen molar-refractivity contribution in [3.8, 4) is 0 Å². The van der Waals surface area contributed by atoms with E-state index in [-0.39, 0.29) is 46.2 Å². The molecule has 0 aromatic heterocycles. The maximum Gasteiger partial charge on any atom is 0.509 e. The molecule has 5 aromatic rings. The first-order valence-electron chi connectivity index (χ1n) is 24.3. The molecule has 16 nitrogen and oxygen atoms in total. The quantitative estimate of drug-likeness (QED) is 0.0294. The van der Waals surface area contributed by atoms with Gasteiger partial charge in [-0.05, 0) is 34.7 Å². The van der Waals surface area contributed by atoms with Gasteiger partial charge in [-0.3, -0.25) is 4.79 Å². The number of hydrogen-bond acceptors (Lipinski definition) is 16. The predicted molar refractivity (Wildman–Crippen MR) is 264 cm³/mol. The van der Waals surface area contributed by atoms with Gasteiger partial charge < -0.3 is 61.6 Å². The standard InChI is InChI=1S/C57H64O16/c1-5-32-64-57(60)73-51-48(66-34-41-24-14-8-15-25-41)46(38-65-39(3)58)70-56(53(51)71-47(54(59)63-6-2)44-30-20-11-21-31-44)72-49-45(37-62-33-40-22-12-7-13-23-40)69-55(61-4)52(68-36-43-28-18-10-19-29-43)50(49)67-35-42-26-16-9-17-27-42/h5,7-31,45-53,55-56H,1,6,32-38H2,2-4H3/t45-,46-,47+,48-,49-,50+,51+,52-,53-,55+,56+/m1/s1. The van der Waals surface area contributed by atoms with Gasteiger partial charge in [-0.15, -0.1) is 0 Å². The number of ether oxygens (including phenoxy) is 13. The third kappa shape index (κ3) is 16.1. The number of rotatable bonds is 26. The molecule has 388 valence electrons. The van der Waals surface area contributed by atoms with Crippen LogP contribution in [0.1, 0.15) is 47.8 Å². The average Bonchev–Trinajstić information content (AvgIpc) is 3.42. The van der Waals surface area contributed by atoms with Crippen LogP contribution in [-0.4, -0.2) is 113 Å². The minimum atomic E-state index is -1.60. The highest BCUT2D eigenvalue weighted by Gasteiger charge is 2.56. The highest BCUT2D eigenvalue weighted by molar-refractivity contribution is 5.76. The maximum atomic E-state index is 14.1. The van der Waals surface area contributed by atoms with E-state index in [1.54, 1.807) is 37.3 Å². The molecule has 2 aliphatic rings. The van der Waals surface area contributed by atoms with Crippen molar-refractivity contribution in [3.63, 3.8) is 0 Å². The molecule has 0 saturated carbocycles. The Morgan fingerprint density at radius 2 is 1.05 bits per heavy atom. The van der Waals surface area contributed by atoms with E-state index in [0.29, 0.717) is 5.56 Å². The first-order valence-corrected chi connectivity index (χ1v) is 24.3. The summed E-state index contributed by atoms with van der Waals surface area (Å²) in [4.78, 5) is 40.5. The Hall–Kier alpha value is -6.31. The minimum absolute atomic E-state index is 0.0171. The summed E-state index contributed by atoms with van der Waals surface area (Å²) in [6, 6.07) is 46.8. The average molecular weight is 1010 g/mol. The van der Waals surface area contributed by atoms with Crippen molar-refractivity contribution < 1.29 is 76.0 Å². The zero-order valence-corrected chi connectivity index (χ0v) is 41.3. The van der Waals surface area contributed by atoms with E-state index < -0.39 is 92.2 Å². The molecular weight excluding hydrogens is 941 g/mol. The van der Waals surface area contributed by atoms with Crippen LogP contribution in [0.4, 0.5) is 4.79 Å².